The lowest BCUT2D eigenvalue weighted by Crippen LogP contribution is -2.43. The van der Waals surface area contributed by atoms with Crippen LogP contribution in [0.3, 0.4) is 0 Å². The van der Waals surface area contributed by atoms with E-state index in [2.05, 4.69) is 17.6 Å². The number of anilines is 1. The van der Waals surface area contributed by atoms with Gasteiger partial charge in [-0.15, -0.1) is 0 Å². The molecule has 4 heteroatoms. The second-order valence-corrected chi connectivity index (χ2v) is 4.95. The van der Waals surface area contributed by atoms with E-state index in [4.69, 9.17) is 16.3 Å². The summed E-state index contributed by atoms with van der Waals surface area (Å²) in [7, 11) is 0. The van der Waals surface area contributed by atoms with E-state index in [1.807, 2.05) is 24.3 Å². The normalized spacial score (nSPS) is 22.1. The molecule has 3 nitrogen and oxygen atoms in total. The zero-order chi connectivity index (χ0) is 12.1. The number of halogens is 1. The molecule has 1 aliphatic rings. The molecule has 2 rings (SSSR count). The van der Waals surface area contributed by atoms with Gasteiger partial charge in [-0.25, -0.2) is 0 Å². The molecule has 1 aromatic rings. The van der Waals surface area contributed by atoms with Gasteiger partial charge in [-0.05, 0) is 31.5 Å². The van der Waals surface area contributed by atoms with Crippen LogP contribution in [-0.4, -0.2) is 31.8 Å². The molecule has 17 heavy (non-hydrogen) atoms. The second kappa shape index (κ2) is 6.24. The van der Waals surface area contributed by atoms with E-state index in [1.165, 1.54) is 0 Å². The zero-order valence-electron chi connectivity index (χ0n) is 10.1. The number of ether oxygens (including phenoxy) is 1. The Hall–Kier alpha value is -0.770. The largest absolute Gasteiger partial charge is 0.382 e. The topological polar surface area (TPSA) is 33.3 Å². The Morgan fingerprint density at radius 2 is 2.47 bits per heavy atom. The fourth-order valence-electron chi connectivity index (χ4n) is 2.12. The Labute approximate surface area is 107 Å². The van der Waals surface area contributed by atoms with E-state index >= 15 is 0 Å². The van der Waals surface area contributed by atoms with Gasteiger partial charge in [0.15, 0.2) is 0 Å². The van der Waals surface area contributed by atoms with Crippen LogP contribution in [0.2, 0.25) is 5.02 Å². The van der Waals surface area contributed by atoms with Crippen LogP contribution in [0, 0.1) is 0 Å². The summed E-state index contributed by atoms with van der Waals surface area (Å²) < 4.78 is 5.44. The molecule has 1 aromatic carbocycles. The Balaban J connectivity index is 1.82. The fourth-order valence-corrected chi connectivity index (χ4v) is 2.31. The van der Waals surface area contributed by atoms with Gasteiger partial charge >= 0.3 is 0 Å². The van der Waals surface area contributed by atoms with Crippen LogP contribution < -0.4 is 10.6 Å². The molecule has 94 valence electrons. The van der Waals surface area contributed by atoms with Crippen molar-refractivity contribution in [3.8, 4) is 0 Å². The van der Waals surface area contributed by atoms with Gasteiger partial charge in [-0.1, -0.05) is 17.7 Å². The molecule has 2 atom stereocenters. The quantitative estimate of drug-likeness (QED) is 0.866. The maximum Gasteiger partial charge on any atom is 0.0621 e. The van der Waals surface area contributed by atoms with E-state index in [1.54, 1.807) is 0 Å². The van der Waals surface area contributed by atoms with Crippen LogP contribution in [0.5, 0.6) is 0 Å². The van der Waals surface area contributed by atoms with E-state index in [9.17, 15) is 0 Å². The molecule has 1 fully saturated rings. The van der Waals surface area contributed by atoms with E-state index in [0.29, 0.717) is 12.1 Å². The second-order valence-electron chi connectivity index (χ2n) is 4.52. The van der Waals surface area contributed by atoms with Gasteiger partial charge in [0.25, 0.3) is 0 Å². The zero-order valence-corrected chi connectivity index (χ0v) is 10.8. The molecule has 0 aliphatic carbocycles. The van der Waals surface area contributed by atoms with Crippen LogP contribution >= 0.6 is 11.6 Å². The summed E-state index contributed by atoms with van der Waals surface area (Å²) in [6.45, 7) is 4.76. The standard InChI is InChI=1S/C13H19ClN2O/c1-10(7-13-9-17-6-5-15-13)16-12-4-2-3-11(14)8-12/h2-4,8,10,13,15-16H,5-7,9H2,1H3. The number of nitrogens with one attached hydrogen (secondary N) is 2. The summed E-state index contributed by atoms with van der Waals surface area (Å²) >= 11 is 5.95. The third kappa shape index (κ3) is 4.19. The average Bonchev–Trinajstić information content (AvgIpc) is 2.30. The maximum atomic E-state index is 5.95. The Morgan fingerprint density at radius 1 is 1.59 bits per heavy atom. The molecule has 0 radical (unpaired) electrons. The summed E-state index contributed by atoms with van der Waals surface area (Å²) in [4.78, 5) is 0. The van der Waals surface area contributed by atoms with Crippen molar-refractivity contribution in [2.75, 3.05) is 25.1 Å². The Bertz CT molecular complexity index is 353. The van der Waals surface area contributed by atoms with Gasteiger partial charge in [0.1, 0.15) is 0 Å². The molecular formula is C13H19ClN2O. The van der Waals surface area contributed by atoms with E-state index in [0.717, 1.165) is 36.9 Å². The van der Waals surface area contributed by atoms with E-state index < -0.39 is 0 Å². The van der Waals surface area contributed by atoms with Crippen molar-refractivity contribution in [1.82, 2.24) is 5.32 Å². The molecular weight excluding hydrogens is 236 g/mol. The molecule has 1 saturated heterocycles. The Kier molecular flexibility index (Phi) is 4.66. The van der Waals surface area contributed by atoms with Gasteiger partial charge in [0.05, 0.1) is 13.2 Å². The van der Waals surface area contributed by atoms with E-state index in [-0.39, 0.29) is 0 Å². The Morgan fingerprint density at radius 3 is 3.18 bits per heavy atom. The first-order valence-electron chi connectivity index (χ1n) is 6.07. The first-order valence-corrected chi connectivity index (χ1v) is 6.45. The summed E-state index contributed by atoms with van der Waals surface area (Å²) in [6.07, 6.45) is 1.05. The average molecular weight is 255 g/mol. The van der Waals surface area contributed by atoms with Crippen molar-refractivity contribution in [2.45, 2.75) is 25.4 Å². The van der Waals surface area contributed by atoms with Gasteiger partial charge in [0.2, 0.25) is 0 Å². The molecule has 1 heterocycles. The molecule has 0 spiro atoms. The van der Waals surface area contributed by atoms with Crippen molar-refractivity contribution < 1.29 is 4.74 Å². The highest BCUT2D eigenvalue weighted by molar-refractivity contribution is 6.30. The highest BCUT2D eigenvalue weighted by Crippen LogP contribution is 2.17. The van der Waals surface area contributed by atoms with Crippen LogP contribution in [-0.2, 0) is 4.74 Å². The lowest BCUT2D eigenvalue weighted by Gasteiger charge is -2.27. The van der Waals surface area contributed by atoms with Crippen molar-refractivity contribution in [2.24, 2.45) is 0 Å². The first kappa shape index (κ1) is 12.7. The van der Waals surface area contributed by atoms with Gasteiger partial charge in [-0.3, -0.25) is 0 Å². The van der Waals surface area contributed by atoms with Gasteiger partial charge in [-0.2, -0.15) is 0 Å². The summed E-state index contributed by atoms with van der Waals surface area (Å²) in [5.74, 6) is 0. The maximum absolute atomic E-state index is 5.95. The van der Waals surface area contributed by atoms with Crippen LogP contribution in [0.25, 0.3) is 0 Å². The third-order valence-electron chi connectivity index (χ3n) is 2.87. The lowest BCUT2D eigenvalue weighted by atomic mass is 10.1. The number of morpholine rings is 1. The minimum absolute atomic E-state index is 0.396. The van der Waals surface area contributed by atoms with Gasteiger partial charge in [0, 0.05) is 29.3 Å². The van der Waals surface area contributed by atoms with Crippen molar-refractivity contribution in [3.05, 3.63) is 29.3 Å². The monoisotopic (exact) mass is 254 g/mol. The van der Waals surface area contributed by atoms with Gasteiger partial charge < -0.3 is 15.4 Å². The van der Waals surface area contributed by atoms with Crippen molar-refractivity contribution in [1.29, 1.82) is 0 Å². The summed E-state index contributed by atoms with van der Waals surface area (Å²) in [5.41, 5.74) is 1.07. The van der Waals surface area contributed by atoms with Crippen molar-refractivity contribution >= 4 is 17.3 Å². The predicted molar refractivity (Wildman–Crippen MR) is 71.8 cm³/mol. The number of rotatable bonds is 4. The number of hydrogen-bond donors (Lipinski definition) is 2. The van der Waals surface area contributed by atoms with Crippen LogP contribution in [0.4, 0.5) is 5.69 Å². The minimum atomic E-state index is 0.396. The lowest BCUT2D eigenvalue weighted by molar-refractivity contribution is 0.0731. The first-order chi connectivity index (χ1) is 8.24. The highest BCUT2D eigenvalue weighted by Gasteiger charge is 2.15. The molecule has 2 unspecified atom stereocenters. The van der Waals surface area contributed by atoms with Crippen LogP contribution in [0.1, 0.15) is 13.3 Å². The third-order valence-corrected chi connectivity index (χ3v) is 3.11. The summed E-state index contributed by atoms with van der Waals surface area (Å²) in [6, 6.07) is 8.67. The molecule has 0 bridgehead atoms. The summed E-state index contributed by atoms with van der Waals surface area (Å²) in [5, 5.41) is 7.67. The number of hydrogen-bond acceptors (Lipinski definition) is 3. The molecule has 0 amide bonds. The highest BCUT2D eigenvalue weighted by atomic mass is 35.5. The number of benzene rings is 1. The molecule has 1 aliphatic heterocycles. The molecule has 0 saturated carbocycles. The van der Waals surface area contributed by atoms with Crippen LogP contribution in [0.15, 0.2) is 24.3 Å². The molecule has 0 aromatic heterocycles. The predicted octanol–water partition coefficient (Wildman–Crippen LogP) is 2.52. The molecule has 2 N–H and O–H groups in total. The van der Waals surface area contributed by atoms with Crippen molar-refractivity contribution in [3.63, 3.8) is 0 Å². The minimum Gasteiger partial charge on any atom is -0.382 e. The SMILES string of the molecule is CC(CC1COCCN1)Nc1cccc(Cl)c1. The smallest absolute Gasteiger partial charge is 0.0621 e. The fraction of sp³-hybridized carbons (Fsp3) is 0.538.